The highest BCUT2D eigenvalue weighted by atomic mass is 19.3. The van der Waals surface area contributed by atoms with Gasteiger partial charge in [-0.2, -0.15) is 8.78 Å². The quantitative estimate of drug-likeness (QED) is 0.310. The number of alkyl halides is 2. The van der Waals surface area contributed by atoms with Crippen LogP contribution in [0.25, 0.3) is 28.2 Å². The lowest BCUT2D eigenvalue weighted by Gasteiger charge is -2.07. The number of carboxylic acids is 1. The first kappa shape index (κ1) is 20.9. The fourth-order valence-corrected chi connectivity index (χ4v) is 3.31. The number of pyridine rings is 1. The van der Waals surface area contributed by atoms with E-state index in [9.17, 15) is 18.4 Å². The summed E-state index contributed by atoms with van der Waals surface area (Å²) in [6.45, 7) is -2.98. The molecule has 0 saturated heterocycles. The molecule has 6 nitrogen and oxygen atoms in total. The number of rotatable bonds is 7. The number of aromatic amines is 1. The molecule has 2 aromatic heterocycles. The Hall–Kier alpha value is -4.33. The predicted octanol–water partition coefficient (Wildman–Crippen LogP) is 5.16. The second-order valence-corrected chi connectivity index (χ2v) is 6.86. The zero-order valence-electron chi connectivity index (χ0n) is 16.5. The minimum absolute atomic E-state index is 0.101. The van der Waals surface area contributed by atoms with E-state index >= 15 is 0 Å². The third-order valence-corrected chi connectivity index (χ3v) is 4.74. The summed E-state index contributed by atoms with van der Waals surface area (Å²) in [5.74, 6) is -1.51. The van der Waals surface area contributed by atoms with E-state index in [1.165, 1.54) is 36.5 Å². The summed E-state index contributed by atoms with van der Waals surface area (Å²) < 4.78 is 29.4. The summed E-state index contributed by atoms with van der Waals surface area (Å²) in [4.78, 5) is 31.1. The lowest BCUT2D eigenvalue weighted by molar-refractivity contribution is -0.131. The average Bonchev–Trinajstić information content (AvgIpc) is 3.20. The summed E-state index contributed by atoms with van der Waals surface area (Å²) in [7, 11) is 0. The molecular formula is C24H16F2N2O4. The van der Waals surface area contributed by atoms with E-state index in [1.807, 2.05) is 12.1 Å². The number of ether oxygens (including phenoxy) is 1. The number of fused-ring (bicyclic) bond motifs is 1. The van der Waals surface area contributed by atoms with E-state index in [1.54, 1.807) is 24.4 Å². The van der Waals surface area contributed by atoms with Crippen LogP contribution in [-0.4, -0.2) is 33.4 Å². The van der Waals surface area contributed by atoms with Crippen LogP contribution < -0.4 is 4.74 Å². The normalized spacial score (nSPS) is 11.3. The van der Waals surface area contributed by atoms with Crippen molar-refractivity contribution in [3.05, 3.63) is 89.8 Å². The number of benzene rings is 2. The summed E-state index contributed by atoms with van der Waals surface area (Å²) >= 11 is 0. The van der Waals surface area contributed by atoms with E-state index in [0.717, 1.165) is 17.2 Å². The van der Waals surface area contributed by atoms with Crippen LogP contribution in [0, 0.1) is 0 Å². The lowest BCUT2D eigenvalue weighted by Crippen LogP contribution is -2.04. The second-order valence-electron chi connectivity index (χ2n) is 6.86. The van der Waals surface area contributed by atoms with Gasteiger partial charge < -0.3 is 14.8 Å². The van der Waals surface area contributed by atoms with E-state index < -0.39 is 12.6 Å². The predicted molar refractivity (Wildman–Crippen MR) is 115 cm³/mol. The second kappa shape index (κ2) is 8.81. The van der Waals surface area contributed by atoms with E-state index in [-0.39, 0.29) is 17.1 Å². The molecule has 0 unspecified atom stereocenters. The molecule has 160 valence electrons. The topological polar surface area (TPSA) is 92.3 Å². The van der Waals surface area contributed by atoms with E-state index in [0.29, 0.717) is 22.2 Å². The largest absolute Gasteiger partial charge is 0.478 e. The van der Waals surface area contributed by atoms with Gasteiger partial charge in [-0.05, 0) is 41.5 Å². The van der Waals surface area contributed by atoms with Crippen molar-refractivity contribution < 1.29 is 28.2 Å². The molecule has 32 heavy (non-hydrogen) atoms. The monoisotopic (exact) mass is 434 g/mol. The number of nitrogens with zero attached hydrogens (tertiary/aromatic N) is 1. The smallest absolute Gasteiger partial charge is 0.387 e. The minimum atomic E-state index is -2.98. The molecule has 2 heterocycles. The van der Waals surface area contributed by atoms with Gasteiger partial charge in [-0.3, -0.25) is 4.79 Å². The van der Waals surface area contributed by atoms with Crippen LogP contribution in [0.5, 0.6) is 5.75 Å². The van der Waals surface area contributed by atoms with Crippen LogP contribution in [0.4, 0.5) is 8.78 Å². The van der Waals surface area contributed by atoms with Gasteiger partial charge in [-0.1, -0.05) is 30.3 Å². The molecule has 2 aromatic carbocycles. The number of nitrogens with one attached hydrogen (secondary N) is 1. The molecule has 0 radical (unpaired) electrons. The van der Waals surface area contributed by atoms with Gasteiger partial charge in [0.1, 0.15) is 11.4 Å². The molecule has 0 fully saturated rings. The first-order valence-electron chi connectivity index (χ1n) is 9.49. The summed E-state index contributed by atoms with van der Waals surface area (Å²) in [6, 6.07) is 14.6. The van der Waals surface area contributed by atoms with Gasteiger partial charge in [-0.15, -0.1) is 0 Å². The number of aromatic nitrogens is 2. The summed E-state index contributed by atoms with van der Waals surface area (Å²) in [5.41, 5.74) is 3.26. The van der Waals surface area contributed by atoms with Crippen LogP contribution in [0.3, 0.4) is 0 Å². The Morgan fingerprint density at radius 2 is 1.88 bits per heavy atom. The van der Waals surface area contributed by atoms with Crippen molar-refractivity contribution in [3.8, 4) is 16.9 Å². The Bertz CT molecular complexity index is 1340. The number of ketones is 1. The SMILES string of the molecule is O=C(O)/C=C/c1cccc(-c2cnc3[nH]cc(C(=O)c4cccc(OC(F)F)c4)c3c2)c1. The number of carbonyl (C=O) groups is 2. The Morgan fingerprint density at radius 3 is 2.66 bits per heavy atom. The van der Waals surface area contributed by atoms with Gasteiger partial charge in [0.15, 0.2) is 5.78 Å². The van der Waals surface area contributed by atoms with Gasteiger partial charge in [0.2, 0.25) is 0 Å². The van der Waals surface area contributed by atoms with Gasteiger partial charge in [-0.25, -0.2) is 9.78 Å². The molecule has 4 aromatic rings. The van der Waals surface area contributed by atoms with Crippen molar-refractivity contribution in [3.63, 3.8) is 0 Å². The Morgan fingerprint density at radius 1 is 1.06 bits per heavy atom. The number of carbonyl (C=O) groups excluding carboxylic acids is 1. The van der Waals surface area contributed by atoms with Gasteiger partial charge in [0, 0.05) is 40.5 Å². The lowest BCUT2D eigenvalue weighted by atomic mass is 10.00. The highest BCUT2D eigenvalue weighted by molar-refractivity contribution is 6.16. The standard InChI is InChI=1S/C24H16F2N2O4/c25-24(26)32-18-6-2-5-16(10-18)22(31)20-13-28-23-19(20)11-17(12-27-23)15-4-1-3-14(9-15)7-8-21(29)30/h1-13,24H,(H,27,28)(H,29,30)/b8-7+. The molecular weight excluding hydrogens is 418 g/mol. The molecule has 0 aliphatic heterocycles. The van der Waals surface area contributed by atoms with Gasteiger partial charge >= 0.3 is 12.6 Å². The number of aliphatic carboxylic acids is 1. The highest BCUT2D eigenvalue weighted by Gasteiger charge is 2.17. The molecule has 0 bridgehead atoms. The third kappa shape index (κ3) is 4.54. The van der Waals surface area contributed by atoms with E-state index in [4.69, 9.17) is 5.11 Å². The number of hydrogen-bond acceptors (Lipinski definition) is 4. The zero-order chi connectivity index (χ0) is 22.7. The molecule has 2 N–H and O–H groups in total. The van der Waals surface area contributed by atoms with Crippen molar-refractivity contribution in [1.82, 2.24) is 9.97 Å². The molecule has 0 amide bonds. The Kier molecular flexibility index (Phi) is 5.76. The van der Waals surface area contributed by atoms with Crippen molar-refractivity contribution in [1.29, 1.82) is 0 Å². The van der Waals surface area contributed by atoms with Crippen LogP contribution in [-0.2, 0) is 4.79 Å². The number of hydrogen-bond donors (Lipinski definition) is 2. The number of halogens is 2. The Labute approximate surface area is 180 Å². The maximum atomic E-state index is 13.1. The molecule has 0 atom stereocenters. The van der Waals surface area contributed by atoms with Crippen LogP contribution in [0.2, 0.25) is 0 Å². The van der Waals surface area contributed by atoms with Crippen molar-refractivity contribution in [2.45, 2.75) is 6.61 Å². The maximum absolute atomic E-state index is 13.1. The molecule has 0 saturated carbocycles. The molecule has 8 heteroatoms. The minimum Gasteiger partial charge on any atom is -0.478 e. The van der Waals surface area contributed by atoms with Crippen molar-refractivity contribution in [2.24, 2.45) is 0 Å². The summed E-state index contributed by atoms with van der Waals surface area (Å²) in [6.07, 6.45) is 5.70. The van der Waals surface area contributed by atoms with Crippen LogP contribution >= 0.6 is 0 Å². The maximum Gasteiger partial charge on any atom is 0.387 e. The summed E-state index contributed by atoms with van der Waals surface area (Å²) in [5, 5.41) is 9.38. The fraction of sp³-hybridized carbons (Fsp3) is 0.0417. The molecule has 0 spiro atoms. The third-order valence-electron chi connectivity index (χ3n) is 4.74. The highest BCUT2D eigenvalue weighted by Crippen LogP contribution is 2.28. The fourth-order valence-electron chi connectivity index (χ4n) is 3.31. The van der Waals surface area contributed by atoms with Crippen molar-refractivity contribution >= 4 is 28.9 Å². The zero-order valence-corrected chi connectivity index (χ0v) is 16.5. The molecule has 0 aliphatic carbocycles. The molecule has 0 aliphatic rings. The van der Waals surface area contributed by atoms with Gasteiger partial charge in [0.25, 0.3) is 0 Å². The molecule has 4 rings (SSSR count). The first-order chi connectivity index (χ1) is 15.4. The number of carboxylic acid groups (broad SMARTS) is 1. The van der Waals surface area contributed by atoms with Gasteiger partial charge in [0.05, 0.1) is 0 Å². The first-order valence-corrected chi connectivity index (χ1v) is 9.49. The average molecular weight is 434 g/mol. The van der Waals surface area contributed by atoms with Crippen LogP contribution in [0.1, 0.15) is 21.5 Å². The van der Waals surface area contributed by atoms with E-state index in [2.05, 4.69) is 14.7 Å². The Balaban J connectivity index is 1.70. The number of H-pyrrole nitrogens is 1. The van der Waals surface area contributed by atoms with Crippen molar-refractivity contribution in [2.75, 3.05) is 0 Å². The van der Waals surface area contributed by atoms with Crippen LogP contribution in [0.15, 0.2) is 73.1 Å².